The molecule has 2 saturated heterocycles. The topological polar surface area (TPSA) is 119 Å². The highest BCUT2D eigenvalue weighted by Crippen LogP contribution is 2.42. The molecule has 2 aromatic carbocycles. The zero-order chi connectivity index (χ0) is 36.7. The Labute approximate surface area is 299 Å². The first-order valence-corrected chi connectivity index (χ1v) is 17.8. The van der Waals surface area contributed by atoms with Gasteiger partial charge in [0.2, 0.25) is 11.8 Å². The lowest BCUT2D eigenvalue weighted by molar-refractivity contribution is -0.147. The molecule has 2 amide bonds. The molecule has 276 valence electrons. The minimum absolute atomic E-state index is 0.0469. The first-order valence-electron chi connectivity index (χ1n) is 17.8. The van der Waals surface area contributed by atoms with E-state index in [1.807, 2.05) is 6.92 Å². The summed E-state index contributed by atoms with van der Waals surface area (Å²) < 4.78 is 63.7. The number of imide groups is 1. The Kier molecular flexibility index (Phi) is 9.96. The number of amides is 2. The fraction of sp³-hybridized carbons (Fsp3) is 0.500. The molecule has 3 aliphatic rings. The second kappa shape index (κ2) is 14.5. The van der Waals surface area contributed by atoms with Gasteiger partial charge in [0.1, 0.15) is 41.4 Å². The van der Waals surface area contributed by atoms with Gasteiger partial charge in [-0.25, -0.2) is 13.2 Å². The zero-order valence-electron chi connectivity index (χ0n) is 29.8. The lowest BCUT2D eigenvalue weighted by atomic mass is 9.74. The maximum Gasteiger partial charge on any atom is 0.319 e. The van der Waals surface area contributed by atoms with Gasteiger partial charge in [0.25, 0.3) is 0 Å². The Hall–Kier alpha value is -4.56. The quantitative estimate of drug-likeness (QED) is 0.173. The second-order valence-electron chi connectivity index (χ2n) is 14.2. The smallest absolute Gasteiger partial charge is 0.319 e. The van der Waals surface area contributed by atoms with Crippen molar-refractivity contribution in [3.63, 3.8) is 0 Å². The standard InChI is InChI=1S/C38H43F3N6O5/c1-5-27-30(40)8-7-23-13-26(52-20-50-4)14-28(31(23)27)33-32(41)34-29(17-42-33)35(43-16-22-11-24(12-22)36(49)46(3)21(2)48)45-37(44-34)51-19-38-9-6-10-47(38)18-25(39)15-38/h7-8,13-14,17,22,24-25H,5-6,9-12,15-16,18-20H2,1-4H3,(H,43,44,45)/t22?,24?,25-,38+/m1/s1. The molecule has 1 aliphatic carbocycles. The van der Waals surface area contributed by atoms with E-state index in [1.54, 1.807) is 18.2 Å². The Morgan fingerprint density at radius 1 is 1.15 bits per heavy atom. The van der Waals surface area contributed by atoms with Crippen LogP contribution >= 0.6 is 0 Å². The molecular formula is C38H43F3N6O5. The predicted octanol–water partition coefficient (Wildman–Crippen LogP) is 6.07. The van der Waals surface area contributed by atoms with Crippen LogP contribution in [0, 0.1) is 23.5 Å². The molecule has 0 bridgehead atoms. The minimum Gasteiger partial charge on any atom is -0.468 e. The number of benzene rings is 2. The number of hydrogen-bond donors (Lipinski definition) is 1. The molecule has 0 spiro atoms. The summed E-state index contributed by atoms with van der Waals surface area (Å²) in [6.07, 6.45) is 4.11. The van der Waals surface area contributed by atoms with E-state index >= 15 is 8.78 Å². The predicted molar refractivity (Wildman–Crippen MR) is 189 cm³/mol. The molecule has 4 heterocycles. The molecule has 3 fully saturated rings. The number of halogens is 3. The lowest BCUT2D eigenvalue weighted by Crippen LogP contribution is -2.43. The number of anilines is 1. The van der Waals surface area contributed by atoms with Gasteiger partial charge in [-0.1, -0.05) is 13.0 Å². The Balaban J connectivity index is 1.26. The number of nitrogens with one attached hydrogen (secondary N) is 1. The normalized spacial score (nSPS) is 22.7. The Morgan fingerprint density at radius 2 is 1.96 bits per heavy atom. The average molecular weight is 721 g/mol. The Morgan fingerprint density at radius 3 is 2.71 bits per heavy atom. The minimum atomic E-state index is -0.950. The summed E-state index contributed by atoms with van der Waals surface area (Å²) in [6, 6.07) is 6.30. The van der Waals surface area contributed by atoms with E-state index in [0.29, 0.717) is 77.6 Å². The summed E-state index contributed by atoms with van der Waals surface area (Å²) in [5, 5.41) is 4.77. The average Bonchev–Trinajstić information content (AvgIpc) is 3.64. The van der Waals surface area contributed by atoms with E-state index in [4.69, 9.17) is 14.2 Å². The highest BCUT2D eigenvalue weighted by molar-refractivity contribution is 6.02. The van der Waals surface area contributed by atoms with Gasteiger partial charge < -0.3 is 19.5 Å². The number of rotatable bonds is 12. The number of hydrogen-bond acceptors (Lipinski definition) is 10. The van der Waals surface area contributed by atoms with E-state index in [1.165, 1.54) is 33.3 Å². The van der Waals surface area contributed by atoms with Crippen molar-refractivity contribution in [1.29, 1.82) is 0 Å². The van der Waals surface area contributed by atoms with Crippen LogP contribution in [0.1, 0.15) is 51.5 Å². The highest BCUT2D eigenvalue weighted by atomic mass is 19.1. The lowest BCUT2D eigenvalue weighted by Gasteiger charge is -2.36. The fourth-order valence-corrected chi connectivity index (χ4v) is 8.08. The maximum absolute atomic E-state index is 17.0. The van der Waals surface area contributed by atoms with Gasteiger partial charge in [0.15, 0.2) is 12.6 Å². The SMILES string of the molecule is CCc1c(F)ccc2cc(OCOC)cc(-c3ncc4c(NCC5CC(C(=O)N(C)C(C)=O)C5)nc(OC[C@@]56CCCN5C[C@H](F)C6)nc4c3F)c12. The highest BCUT2D eigenvalue weighted by Gasteiger charge is 2.49. The van der Waals surface area contributed by atoms with Crippen LogP contribution in [0.2, 0.25) is 0 Å². The molecule has 2 aromatic heterocycles. The Bertz CT molecular complexity index is 2030. The first kappa shape index (κ1) is 35.8. The number of alkyl halides is 1. The maximum atomic E-state index is 17.0. The number of fused-ring (bicyclic) bond motifs is 3. The van der Waals surface area contributed by atoms with Gasteiger partial charge in [-0.2, -0.15) is 9.97 Å². The van der Waals surface area contributed by atoms with Crippen molar-refractivity contribution in [3.8, 4) is 23.0 Å². The largest absolute Gasteiger partial charge is 0.468 e. The van der Waals surface area contributed by atoms with E-state index in [-0.39, 0.29) is 54.3 Å². The molecule has 0 unspecified atom stereocenters. The van der Waals surface area contributed by atoms with E-state index < -0.39 is 23.3 Å². The summed E-state index contributed by atoms with van der Waals surface area (Å²) >= 11 is 0. The monoisotopic (exact) mass is 720 g/mol. The zero-order valence-corrected chi connectivity index (χ0v) is 29.8. The van der Waals surface area contributed by atoms with E-state index in [0.717, 1.165) is 24.3 Å². The molecule has 1 N–H and O–H groups in total. The van der Waals surface area contributed by atoms with Gasteiger partial charge in [0, 0.05) is 58.3 Å². The van der Waals surface area contributed by atoms with Crippen molar-refractivity contribution in [2.75, 3.05) is 52.5 Å². The van der Waals surface area contributed by atoms with Gasteiger partial charge in [-0.3, -0.25) is 24.4 Å². The number of carbonyl (C=O) groups excluding carboxylic acids is 2. The number of aryl methyl sites for hydroxylation is 1. The molecule has 11 nitrogen and oxygen atoms in total. The number of ether oxygens (including phenoxy) is 3. The van der Waals surface area contributed by atoms with Crippen LogP contribution in [0.25, 0.3) is 32.9 Å². The van der Waals surface area contributed by atoms with Crippen LogP contribution in [-0.4, -0.2) is 95.5 Å². The molecule has 1 saturated carbocycles. The van der Waals surface area contributed by atoms with Crippen molar-refractivity contribution in [2.24, 2.45) is 11.8 Å². The molecule has 52 heavy (non-hydrogen) atoms. The van der Waals surface area contributed by atoms with Gasteiger partial charge in [-0.05, 0) is 79.1 Å². The third-order valence-electron chi connectivity index (χ3n) is 10.9. The van der Waals surface area contributed by atoms with Crippen LogP contribution in [0.15, 0.2) is 30.5 Å². The first-order chi connectivity index (χ1) is 25.0. The molecule has 2 atom stereocenters. The van der Waals surface area contributed by atoms with Crippen molar-refractivity contribution >= 4 is 39.3 Å². The summed E-state index contributed by atoms with van der Waals surface area (Å²) in [5.41, 5.74) is 0.161. The molecule has 0 radical (unpaired) electrons. The second-order valence-corrected chi connectivity index (χ2v) is 14.2. The van der Waals surface area contributed by atoms with Gasteiger partial charge >= 0.3 is 6.01 Å². The summed E-state index contributed by atoms with van der Waals surface area (Å²) in [5.74, 6) is -1.13. The molecule has 4 aromatic rings. The van der Waals surface area contributed by atoms with E-state index in [2.05, 4.69) is 25.2 Å². The molecular weight excluding hydrogens is 677 g/mol. The van der Waals surface area contributed by atoms with Crippen molar-refractivity contribution in [1.82, 2.24) is 24.8 Å². The summed E-state index contributed by atoms with van der Waals surface area (Å²) in [4.78, 5) is 41.3. The van der Waals surface area contributed by atoms with Crippen molar-refractivity contribution < 1.29 is 37.0 Å². The molecule has 2 aliphatic heterocycles. The number of methoxy groups -OCH3 is 1. The molecule has 7 rings (SSSR count). The van der Waals surface area contributed by atoms with Crippen LogP contribution < -0.4 is 14.8 Å². The van der Waals surface area contributed by atoms with Crippen LogP contribution in [-0.2, 0) is 20.7 Å². The van der Waals surface area contributed by atoms with Crippen molar-refractivity contribution in [2.45, 2.75) is 64.1 Å². The fourth-order valence-electron chi connectivity index (χ4n) is 8.08. The number of carbonyl (C=O) groups is 2. The number of aromatic nitrogens is 3. The number of nitrogens with zero attached hydrogens (tertiary/aromatic N) is 5. The van der Waals surface area contributed by atoms with Crippen LogP contribution in [0.5, 0.6) is 11.8 Å². The van der Waals surface area contributed by atoms with Crippen molar-refractivity contribution in [3.05, 3.63) is 47.7 Å². The molecule has 14 heteroatoms. The third-order valence-corrected chi connectivity index (χ3v) is 10.9. The van der Waals surface area contributed by atoms with Crippen LogP contribution in [0.3, 0.4) is 0 Å². The number of pyridine rings is 1. The summed E-state index contributed by atoms with van der Waals surface area (Å²) in [7, 11) is 2.97. The van der Waals surface area contributed by atoms with E-state index in [9.17, 15) is 14.0 Å². The third kappa shape index (κ3) is 6.62. The van der Waals surface area contributed by atoms with Crippen LogP contribution in [0.4, 0.5) is 19.0 Å². The summed E-state index contributed by atoms with van der Waals surface area (Å²) in [6.45, 7) is 4.85. The van der Waals surface area contributed by atoms with Gasteiger partial charge in [0.05, 0.1) is 10.9 Å². The van der Waals surface area contributed by atoms with Gasteiger partial charge in [-0.15, -0.1) is 0 Å².